The number of nitrogens with one attached hydrogen (secondary N) is 1. The largest absolute Gasteiger partial charge is 0.465 e. The molecule has 2 aromatic carbocycles. The molecule has 44 heavy (non-hydrogen) atoms. The molecule has 0 radical (unpaired) electrons. The monoisotopic (exact) mass is 665 g/mol. The molecule has 0 spiro atoms. The summed E-state index contributed by atoms with van der Waals surface area (Å²) in [7, 11) is -4.78. The van der Waals surface area contributed by atoms with Crippen LogP contribution in [0.15, 0.2) is 47.5 Å². The second-order valence-electron chi connectivity index (χ2n) is 11.3. The number of hydrogen-bond acceptors (Lipinski definition) is 7. The molecular formula is C29H27ClF3N5O4S2. The summed E-state index contributed by atoms with van der Waals surface area (Å²) in [6.07, 6.45) is 1.43. The molecule has 0 saturated carbocycles. The molecule has 5 rings (SSSR count). The fourth-order valence-corrected chi connectivity index (χ4v) is 7.54. The molecule has 0 aliphatic carbocycles. The first-order valence-corrected chi connectivity index (χ1v) is 16.1. The van der Waals surface area contributed by atoms with Crippen molar-refractivity contribution in [2.24, 2.45) is 0 Å². The van der Waals surface area contributed by atoms with Gasteiger partial charge in [0.1, 0.15) is 16.5 Å². The number of hydrogen-bond donors (Lipinski definition) is 2. The van der Waals surface area contributed by atoms with Gasteiger partial charge in [-0.05, 0) is 65.8 Å². The normalized spacial score (nSPS) is 14.6. The average Bonchev–Trinajstić information content (AvgIpc) is 3.40. The van der Waals surface area contributed by atoms with E-state index >= 15 is 4.39 Å². The van der Waals surface area contributed by atoms with E-state index in [4.69, 9.17) is 16.6 Å². The average molecular weight is 666 g/mol. The lowest BCUT2D eigenvalue weighted by molar-refractivity contribution is 0.132. The quantitative estimate of drug-likeness (QED) is 0.207. The maximum absolute atomic E-state index is 16.7. The van der Waals surface area contributed by atoms with Crippen molar-refractivity contribution in [3.63, 3.8) is 0 Å². The van der Waals surface area contributed by atoms with Crippen molar-refractivity contribution in [3.8, 4) is 21.8 Å². The number of amides is 1. The maximum atomic E-state index is 16.7. The molecule has 2 N–H and O–H groups in total. The van der Waals surface area contributed by atoms with E-state index in [1.165, 1.54) is 28.5 Å². The zero-order valence-corrected chi connectivity index (χ0v) is 26.1. The van der Waals surface area contributed by atoms with Gasteiger partial charge < -0.3 is 10.0 Å². The standard InChI is InChI=1S/C29H27ClF3N5O4S2/c1-29(2,3)18-6-5-17(22(33)24(18)37-44(41,42)21-14-16(31)4-7-19(21)32)23-25(20-8-11-34-27(30)35-20)43-26(36-23)15-9-12-38(13-10-15)28(39)40/h4-8,11,14-15,37H,9-10,12-13H2,1-3H3,(H,39,40). The minimum absolute atomic E-state index is 0.0488. The van der Waals surface area contributed by atoms with Gasteiger partial charge in [0.2, 0.25) is 5.28 Å². The van der Waals surface area contributed by atoms with E-state index in [-0.39, 0.29) is 28.0 Å². The zero-order valence-electron chi connectivity index (χ0n) is 23.7. The molecule has 1 aliphatic rings. The number of halogens is 4. The van der Waals surface area contributed by atoms with Crippen molar-refractivity contribution in [2.45, 2.75) is 49.8 Å². The van der Waals surface area contributed by atoms with E-state index in [2.05, 4.69) is 14.7 Å². The first-order chi connectivity index (χ1) is 20.7. The molecule has 1 saturated heterocycles. The third-order valence-electron chi connectivity index (χ3n) is 7.24. The second kappa shape index (κ2) is 12.0. The fourth-order valence-electron chi connectivity index (χ4n) is 5.00. The number of carboxylic acid groups (broad SMARTS) is 1. The molecule has 2 aromatic heterocycles. The van der Waals surface area contributed by atoms with Gasteiger partial charge in [-0.15, -0.1) is 11.3 Å². The minimum Gasteiger partial charge on any atom is -0.465 e. The number of likely N-dealkylation sites (tertiary alicyclic amines) is 1. The second-order valence-corrected chi connectivity index (χ2v) is 14.3. The van der Waals surface area contributed by atoms with Gasteiger partial charge in [0.25, 0.3) is 10.0 Å². The highest BCUT2D eigenvalue weighted by atomic mass is 35.5. The summed E-state index contributed by atoms with van der Waals surface area (Å²) >= 11 is 7.32. The van der Waals surface area contributed by atoms with Crippen molar-refractivity contribution < 1.29 is 31.5 Å². The highest BCUT2D eigenvalue weighted by Gasteiger charge is 2.32. The highest BCUT2D eigenvalue weighted by molar-refractivity contribution is 7.92. The van der Waals surface area contributed by atoms with Crippen LogP contribution in [-0.4, -0.2) is 52.6 Å². The Bertz CT molecular complexity index is 1860. The number of rotatable bonds is 6. The number of sulfonamides is 1. The smallest absolute Gasteiger partial charge is 0.407 e. The predicted octanol–water partition coefficient (Wildman–Crippen LogP) is 7.29. The molecule has 15 heteroatoms. The molecule has 0 atom stereocenters. The molecule has 232 valence electrons. The van der Waals surface area contributed by atoms with E-state index in [1.54, 1.807) is 32.9 Å². The van der Waals surface area contributed by atoms with Gasteiger partial charge in [0, 0.05) is 30.8 Å². The van der Waals surface area contributed by atoms with Gasteiger partial charge in [-0.2, -0.15) is 0 Å². The van der Waals surface area contributed by atoms with Crippen molar-refractivity contribution in [3.05, 3.63) is 75.9 Å². The molecule has 1 aliphatic heterocycles. The summed E-state index contributed by atoms with van der Waals surface area (Å²) in [6.45, 7) is 5.86. The molecule has 0 unspecified atom stereocenters. The summed E-state index contributed by atoms with van der Waals surface area (Å²) in [5, 5.41) is 9.92. The fraction of sp³-hybridized carbons (Fsp3) is 0.310. The molecular weight excluding hydrogens is 639 g/mol. The number of anilines is 1. The number of nitrogens with zero attached hydrogens (tertiary/aromatic N) is 4. The Hall–Kier alpha value is -3.75. The van der Waals surface area contributed by atoms with Gasteiger partial charge in [-0.3, -0.25) is 4.72 Å². The van der Waals surface area contributed by atoms with Crippen LogP contribution in [0.5, 0.6) is 0 Å². The van der Waals surface area contributed by atoms with Gasteiger partial charge in [0.05, 0.1) is 27.0 Å². The van der Waals surface area contributed by atoms with E-state index in [9.17, 15) is 27.1 Å². The van der Waals surface area contributed by atoms with Crippen LogP contribution in [0.25, 0.3) is 21.8 Å². The number of carbonyl (C=O) groups is 1. The van der Waals surface area contributed by atoms with Crippen molar-refractivity contribution >= 4 is 44.7 Å². The van der Waals surface area contributed by atoms with Gasteiger partial charge in [-0.1, -0.05) is 26.8 Å². The molecule has 3 heterocycles. The maximum Gasteiger partial charge on any atom is 0.407 e. The van der Waals surface area contributed by atoms with E-state index in [0.717, 1.165) is 6.07 Å². The SMILES string of the molecule is CC(C)(C)c1ccc(-c2nc(C3CCN(C(=O)O)CC3)sc2-c2ccnc(Cl)n2)c(F)c1NS(=O)(=O)c1cc(F)ccc1F. The third kappa shape index (κ3) is 6.37. The molecule has 4 aromatic rings. The summed E-state index contributed by atoms with van der Waals surface area (Å²) in [5.74, 6) is -3.27. The van der Waals surface area contributed by atoms with Gasteiger partial charge >= 0.3 is 6.09 Å². The van der Waals surface area contributed by atoms with Crippen LogP contribution in [-0.2, 0) is 15.4 Å². The first kappa shape index (κ1) is 31.7. The molecule has 1 fully saturated rings. The van der Waals surface area contributed by atoms with Crippen LogP contribution in [0.4, 0.5) is 23.7 Å². The highest BCUT2D eigenvalue weighted by Crippen LogP contribution is 2.44. The Morgan fingerprint density at radius 3 is 2.43 bits per heavy atom. The Morgan fingerprint density at radius 1 is 1.09 bits per heavy atom. The molecule has 0 bridgehead atoms. The van der Waals surface area contributed by atoms with Crippen LogP contribution >= 0.6 is 22.9 Å². The summed E-state index contributed by atoms with van der Waals surface area (Å²) in [5.41, 5.74) is -0.486. The summed E-state index contributed by atoms with van der Waals surface area (Å²) in [6, 6.07) is 6.60. The number of piperidine rings is 1. The predicted molar refractivity (Wildman–Crippen MR) is 161 cm³/mol. The topological polar surface area (TPSA) is 125 Å². The van der Waals surface area contributed by atoms with E-state index in [0.29, 0.717) is 53.6 Å². The van der Waals surface area contributed by atoms with Gasteiger partial charge in [0.15, 0.2) is 5.82 Å². The third-order valence-corrected chi connectivity index (χ3v) is 10.0. The lowest BCUT2D eigenvalue weighted by atomic mass is 9.84. The molecule has 1 amide bonds. The zero-order chi connectivity index (χ0) is 32.0. The van der Waals surface area contributed by atoms with E-state index < -0.39 is 49.6 Å². The van der Waals surface area contributed by atoms with Crippen molar-refractivity contribution in [2.75, 3.05) is 17.8 Å². The first-order valence-electron chi connectivity index (χ1n) is 13.4. The van der Waals surface area contributed by atoms with E-state index in [1.807, 2.05) is 0 Å². The van der Waals surface area contributed by atoms with Crippen LogP contribution in [0.2, 0.25) is 5.28 Å². The summed E-state index contributed by atoms with van der Waals surface area (Å²) < 4.78 is 73.9. The molecule has 9 nitrogen and oxygen atoms in total. The van der Waals surface area contributed by atoms with Gasteiger partial charge in [-0.25, -0.2) is 41.3 Å². The Labute approximate surface area is 260 Å². The van der Waals surface area contributed by atoms with Crippen LogP contribution in [0.3, 0.4) is 0 Å². The lowest BCUT2D eigenvalue weighted by Crippen LogP contribution is -2.36. The number of aromatic nitrogens is 3. The van der Waals surface area contributed by atoms with Crippen LogP contribution < -0.4 is 4.72 Å². The Morgan fingerprint density at radius 2 is 1.80 bits per heavy atom. The Balaban J connectivity index is 1.66. The number of benzene rings is 2. The van der Waals surface area contributed by atoms with Crippen molar-refractivity contribution in [1.29, 1.82) is 0 Å². The summed E-state index contributed by atoms with van der Waals surface area (Å²) in [4.78, 5) is 25.2. The minimum atomic E-state index is -4.78. The Kier molecular flexibility index (Phi) is 8.62. The van der Waals surface area contributed by atoms with Crippen molar-refractivity contribution in [1.82, 2.24) is 19.9 Å². The lowest BCUT2D eigenvalue weighted by Gasteiger charge is -2.28. The number of thiazole rings is 1. The van der Waals surface area contributed by atoms with Crippen LogP contribution in [0, 0.1) is 17.5 Å². The van der Waals surface area contributed by atoms with Crippen LogP contribution in [0.1, 0.15) is 50.1 Å².